The Kier molecular flexibility index (Phi) is 7.26. The van der Waals surface area contributed by atoms with Gasteiger partial charge in [-0.15, -0.1) is 11.3 Å². The third kappa shape index (κ3) is 5.23. The summed E-state index contributed by atoms with van der Waals surface area (Å²) < 4.78 is 9.10. The Morgan fingerprint density at radius 2 is 1.18 bits per heavy atom. The molecule has 0 saturated heterocycles. The van der Waals surface area contributed by atoms with Crippen molar-refractivity contribution in [2.24, 2.45) is 0 Å². The maximum Gasteiger partial charge on any atom is 0.164 e. The Morgan fingerprint density at radius 1 is 0.474 bits per heavy atom. The highest BCUT2D eigenvalue weighted by Gasteiger charge is 2.30. The van der Waals surface area contributed by atoms with Gasteiger partial charge in [-0.3, -0.25) is 0 Å². The van der Waals surface area contributed by atoms with Gasteiger partial charge in [-0.05, 0) is 87.8 Å². The monoisotopic (exact) mass is 747 g/mol. The van der Waals surface area contributed by atoms with E-state index in [0.717, 1.165) is 51.5 Å². The highest BCUT2D eigenvalue weighted by atomic mass is 32.1. The average molecular weight is 748 g/mol. The molecule has 57 heavy (non-hydrogen) atoms. The van der Waals surface area contributed by atoms with E-state index in [-0.39, 0.29) is 5.92 Å². The predicted octanol–water partition coefficient (Wildman–Crippen LogP) is 14.0. The van der Waals surface area contributed by atoms with Crippen molar-refractivity contribution in [1.82, 2.24) is 15.0 Å². The molecule has 3 aromatic heterocycles. The lowest BCUT2D eigenvalue weighted by molar-refractivity contribution is 0.667. The first-order chi connectivity index (χ1) is 28.2. The van der Waals surface area contributed by atoms with Crippen molar-refractivity contribution in [3.05, 3.63) is 187 Å². The van der Waals surface area contributed by atoms with Crippen LogP contribution < -0.4 is 0 Å². The van der Waals surface area contributed by atoms with Crippen molar-refractivity contribution in [1.29, 1.82) is 0 Å². The summed E-state index contributed by atoms with van der Waals surface area (Å²) in [6.45, 7) is 0. The molecule has 3 heterocycles. The summed E-state index contributed by atoms with van der Waals surface area (Å²) in [5.74, 6) is 1.99. The molecule has 0 amide bonds. The number of thiophene rings is 1. The fourth-order valence-corrected chi connectivity index (χ4v) is 10.3. The van der Waals surface area contributed by atoms with Gasteiger partial charge in [0.05, 0.1) is 0 Å². The zero-order valence-corrected chi connectivity index (χ0v) is 31.6. The predicted molar refractivity (Wildman–Crippen MR) is 236 cm³/mol. The summed E-state index contributed by atoms with van der Waals surface area (Å²) in [5.41, 5.74) is 11.1. The van der Waals surface area contributed by atoms with Crippen LogP contribution in [0.2, 0.25) is 0 Å². The third-order valence-electron chi connectivity index (χ3n) is 11.8. The second-order valence-corrected chi connectivity index (χ2v) is 16.1. The fourth-order valence-electron chi connectivity index (χ4n) is 9.15. The summed E-state index contributed by atoms with van der Waals surface area (Å²) in [5, 5.41) is 7.27. The van der Waals surface area contributed by atoms with E-state index in [1.807, 2.05) is 24.3 Å². The Hall–Kier alpha value is -6.95. The highest BCUT2D eigenvalue weighted by molar-refractivity contribution is 7.25. The molecule has 0 bridgehead atoms. The Balaban J connectivity index is 1.12. The lowest BCUT2D eigenvalue weighted by atomic mass is 9.81. The minimum absolute atomic E-state index is 0.0340. The van der Waals surface area contributed by atoms with E-state index in [1.165, 1.54) is 58.8 Å². The molecule has 268 valence electrons. The van der Waals surface area contributed by atoms with E-state index in [0.29, 0.717) is 17.5 Å². The molecular formula is C52H33N3OS. The van der Waals surface area contributed by atoms with Crippen molar-refractivity contribution in [3.8, 4) is 45.3 Å². The average Bonchev–Trinajstić information content (AvgIpc) is 3.80. The number of nitrogens with zero attached hydrogens (tertiary/aromatic N) is 3. The number of furan rings is 1. The van der Waals surface area contributed by atoms with Crippen molar-refractivity contribution in [3.63, 3.8) is 0 Å². The molecular weight excluding hydrogens is 715 g/mol. The molecule has 1 aliphatic carbocycles. The standard InChI is InChI=1S/C52H33N3OS/c1-2-12-31(13-3-1)50-53-51(35-23-24-39-38-18-9-11-21-46(38)57-47(39)30-35)55-52(54-50)42-26-27-45-49(41-19-8-10-20-44(41)56-45)48(42)40-25-22-34-28-32-14-4-5-15-33(32)29-43(34)37-17-7-6-16-36(37)40/h1-21,23-24,26-30,40H,22,25H2. The molecule has 0 saturated carbocycles. The minimum Gasteiger partial charge on any atom is -0.456 e. The first-order valence-corrected chi connectivity index (χ1v) is 20.3. The van der Waals surface area contributed by atoms with Gasteiger partial charge in [0, 0.05) is 53.6 Å². The Morgan fingerprint density at radius 3 is 2.07 bits per heavy atom. The first kappa shape index (κ1) is 32.3. The molecule has 11 aromatic rings. The van der Waals surface area contributed by atoms with Gasteiger partial charge in [0.1, 0.15) is 11.2 Å². The molecule has 8 aromatic carbocycles. The molecule has 0 radical (unpaired) electrons. The second kappa shape index (κ2) is 12.8. The van der Waals surface area contributed by atoms with Crippen LogP contribution in [-0.2, 0) is 6.42 Å². The molecule has 0 fully saturated rings. The van der Waals surface area contributed by atoms with E-state index in [4.69, 9.17) is 19.4 Å². The summed E-state index contributed by atoms with van der Waals surface area (Å²) in [6, 6.07) is 60.7. The Bertz CT molecular complexity index is 3380. The van der Waals surface area contributed by atoms with Gasteiger partial charge in [-0.25, -0.2) is 15.0 Å². The van der Waals surface area contributed by atoms with Crippen LogP contribution in [0.3, 0.4) is 0 Å². The van der Waals surface area contributed by atoms with Gasteiger partial charge in [0.2, 0.25) is 0 Å². The number of para-hydroxylation sites is 1. The van der Waals surface area contributed by atoms with Crippen molar-refractivity contribution in [2.45, 2.75) is 18.8 Å². The van der Waals surface area contributed by atoms with Crippen LogP contribution in [0, 0.1) is 0 Å². The zero-order valence-electron chi connectivity index (χ0n) is 30.8. The number of hydrogen-bond donors (Lipinski definition) is 0. The van der Waals surface area contributed by atoms with Crippen molar-refractivity contribution < 1.29 is 4.42 Å². The normalized spacial score (nSPS) is 14.0. The number of aryl methyl sites for hydroxylation is 1. The van der Waals surface area contributed by atoms with Gasteiger partial charge in [-0.2, -0.15) is 0 Å². The molecule has 0 spiro atoms. The van der Waals surface area contributed by atoms with Gasteiger partial charge in [-0.1, -0.05) is 133 Å². The van der Waals surface area contributed by atoms with Crippen LogP contribution in [-0.4, -0.2) is 15.0 Å². The van der Waals surface area contributed by atoms with Crippen LogP contribution in [0.25, 0.3) is 98.2 Å². The summed E-state index contributed by atoms with van der Waals surface area (Å²) >= 11 is 1.81. The van der Waals surface area contributed by atoms with E-state index >= 15 is 0 Å². The van der Waals surface area contributed by atoms with Crippen LogP contribution in [0.5, 0.6) is 0 Å². The SMILES string of the molecule is c1ccc(-c2nc(-c3ccc4c(c3)sc3ccccc34)nc(-c3ccc4oc5ccccc5c4c3C3CCc4cc5ccccc5cc4-c4ccccc43)n2)cc1. The largest absolute Gasteiger partial charge is 0.456 e. The van der Waals surface area contributed by atoms with E-state index < -0.39 is 0 Å². The maximum atomic E-state index is 6.61. The highest BCUT2D eigenvalue weighted by Crippen LogP contribution is 2.49. The summed E-state index contributed by atoms with van der Waals surface area (Å²) in [4.78, 5) is 15.9. The number of benzene rings is 8. The Labute approximate surface area is 332 Å². The van der Waals surface area contributed by atoms with Crippen LogP contribution in [0.15, 0.2) is 174 Å². The third-order valence-corrected chi connectivity index (χ3v) is 12.9. The fraction of sp³-hybridized carbons (Fsp3) is 0.0577. The van der Waals surface area contributed by atoms with Crippen LogP contribution in [0.4, 0.5) is 0 Å². The van der Waals surface area contributed by atoms with Crippen molar-refractivity contribution in [2.75, 3.05) is 0 Å². The van der Waals surface area contributed by atoms with Crippen LogP contribution >= 0.6 is 11.3 Å². The number of rotatable bonds is 4. The number of fused-ring (bicyclic) bond motifs is 10. The molecule has 4 nitrogen and oxygen atoms in total. The van der Waals surface area contributed by atoms with Crippen molar-refractivity contribution >= 4 is 64.2 Å². The maximum absolute atomic E-state index is 6.61. The van der Waals surface area contributed by atoms with Gasteiger partial charge in [0.15, 0.2) is 17.5 Å². The lowest BCUT2D eigenvalue weighted by Crippen LogP contribution is -2.08. The zero-order chi connectivity index (χ0) is 37.5. The van der Waals surface area contributed by atoms with Gasteiger partial charge < -0.3 is 4.42 Å². The minimum atomic E-state index is 0.0340. The summed E-state index contributed by atoms with van der Waals surface area (Å²) in [6.07, 6.45) is 1.85. The summed E-state index contributed by atoms with van der Waals surface area (Å²) in [7, 11) is 0. The van der Waals surface area contributed by atoms with Crippen LogP contribution in [0.1, 0.15) is 29.0 Å². The van der Waals surface area contributed by atoms with Gasteiger partial charge >= 0.3 is 0 Å². The quantitative estimate of drug-likeness (QED) is 0.180. The molecule has 1 atom stereocenters. The molecule has 5 heteroatoms. The smallest absolute Gasteiger partial charge is 0.164 e. The molecule has 1 aliphatic rings. The molecule has 1 unspecified atom stereocenters. The number of hydrogen-bond acceptors (Lipinski definition) is 5. The second-order valence-electron chi connectivity index (χ2n) is 15.0. The van der Waals surface area contributed by atoms with Gasteiger partial charge in [0.25, 0.3) is 0 Å². The molecule has 0 aliphatic heterocycles. The molecule has 0 N–H and O–H groups in total. The topological polar surface area (TPSA) is 51.8 Å². The lowest BCUT2D eigenvalue weighted by Gasteiger charge is -2.23. The first-order valence-electron chi connectivity index (χ1n) is 19.5. The number of aromatic nitrogens is 3. The molecule has 12 rings (SSSR count). The van der Waals surface area contributed by atoms with E-state index in [1.54, 1.807) is 11.3 Å². The van der Waals surface area contributed by atoms with E-state index in [9.17, 15) is 0 Å². The van der Waals surface area contributed by atoms with E-state index in [2.05, 4.69) is 146 Å².